The van der Waals surface area contributed by atoms with Crippen molar-refractivity contribution in [2.24, 2.45) is 7.05 Å². The number of carbonyl (C=O) groups is 1. The van der Waals surface area contributed by atoms with Gasteiger partial charge in [0, 0.05) is 45.0 Å². The number of aromatic nitrogens is 2. The number of hydrogen-bond donors (Lipinski definition) is 0. The molecular weight excluding hydrogens is 444 g/mol. The van der Waals surface area contributed by atoms with Crippen LogP contribution in [0.2, 0.25) is 0 Å². The van der Waals surface area contributed by atoms with E-state index >= 15 is 0 Å². The van der Waals surface area contributed by atoms with Gasteiger partial charge >= 0.3 is 0 Å². The molecule has 1 aromatic heterocycles. The first-order chi connectivity index (χ1) is 16.5. The van der Waals surface area contributed by atoms with Crippen molar-refractivity contribution in [1.82, 2.24) is 19.4 Å². The molecule has 1 aliphatic heterocycles. The van der Waals surface area contributed by atoms with Crippen LogP contribution in [0.1, 0.15) is 36.2 Å². The lowest BCUT2D eigenvalue weighted by molar-refractivity contribution is -0.132. The summed E-state index contributed by atoms with van der Waals surface area (Å²) in [6, 6.07) is 22.8. The maximum atomic E-state index is 13.4. The minimum absolute atomic E-state index is 0.0983. The van der Waals surface area contributed by atoms with Crippen LogP contribution in [-0.4, -0.2) is 56.7 Å². The van der Waals surface area contributed by atoms with Crippen molar-refractivity contribution in [3.8, 4) is 0 Å². The summed E-state index contributed by atoms with van der Waals surface area (Å²) in [4.78, 5) is 34.5. The Hall–Kier alpha value is -2.90. The van der Waals surface area contributed by atoms with Gasteiger partial charge in [-0.25, -0.2) is 4.98 Å². The van der Waals surface area contributed by atoms with E-state index in [9.17, 15) is 9.59 Å². The van der Waals surface area contributed by atoms with Crippen LogP contribution < -0.4 is 5.56 Å². The SMILES string of the molecule is CCC(Sc1nc(C)cc(=O)n1C)C(=O)N1CCN(C(c2ccccc2)c2ccccc2)CC1. The van der Waals surface area contributed by atoms with E-state index in [0.29, 0.717) is 30.4 Å². The first-order valence-electron chi connectivity index (χ1n) is 11.8. The molecule has 0 radical (unpaired) electrons. The minimum Gasteiger partial charge on any atom is -0.339 e. The van der Waals surface area contributed by atoms with Gasteiger partial charge < -0.3 is 4.90 Å². The smallest absolute Gasteiger partial charge is 0.254 e. The summed E-state index contributed by atoms with van der Waals surface area (Å²) in [5, 5.41) is 0.336. The molecule has 1 unspecified atom stereocenters. The summed E-state index contributed by atoms with van der Waals surface area (Å²) in [7, 11) is 1.71. The average molecular weight is 477 g/mol. The van der Waals surface area contributed by atoms with E-state index in [-0.39, 0.29) is 22.8 Å². The van der Waals surface area contributed by atoms with Crippen LogP contribution in [0.4, 0.5) is 0 Å². The summed E-state index contributed by atoms with van der Waals surface area (Å²) in [6.07, 6.45) is 0.685. The molecule has 2 heterocycles. The van der Waals surface area contributed by atoms with Crippen LogP contribution in [0.25, 0.3) is 0 Å². The zero-order valence-electron chi connectivity index (χ0n) is 20.1. The predicted molar refractivity (Wildman–Crippen MR) is 137 cm³/mol. The molecule has 1 atom stereocenters. The van der Waals surface area contributed by atoms with Crippen LogP contribution in [-0.2, 0) is 11.8 Å². The van der Waals surface area contributed by atoms with Gasteiger partial charge in [0.2, 0.25) is 5.91 Å². The third-order valence-corrected chi connectivity index (χ3v) is 7.73. The van der Waals surface area contributed by atoms with Crippen molar-refractivity contribution in [3.63, 3.8) is 0 Å². The van der Waals surface area contributed by atoms with Crippen LogP contribution in [0, 0.1) is 6.92 Å². The van der Waals surface area contributed by atoms with Gasteiger partial charge in [0.05, 0.1) is 11.3 Å². The lowest BCUT2D eigenvalue weighted by Gasteiger charge is -2.40. The van der Waals surface area contributed by atoms with Crippen LogP contribution in [0.15, 0.2) is 76.7 Å². The number of rotatable bonds is 7. The summed E-state index contributed by atoms with van der Waals surface area (Å²) >= 11 is 1.39. The van der Waals surface area contributed by atoms with Gasteiger partial charge in [0.1, 0.15) is 0 Å². The first-order valence-corrected chi connectivity index (χ1v) is 12.7. The molecule has 1 fully saturated rings. The van der Waals surface area contributed by atoms with E-state index in [1.807, 2.05) is 30.9 Å². The number of piperazine rings is 1. The second-order valence-electron chi connectivity index (χ2n) is 8.68. The number of aryl methyl sites for hydroxylation is 1. The van der Waals surface area contributed by atoms with E-state index in [1.165, 1.54) is 33.5 Å². The molecule has 0 bridgehead atoms. The highest BCUT2D eigenvalue weighted by Crippen LogP contribution is 2.30. The Morgan fingerprint density at radius 2 is 1.53 bits per heavy atom. The van der Waals surface area contributed by atoms with Gasteiger partial charge in [0.25, 0.3) is 5.56 Å². The molecule has 7 heteroatoms. The molecule has 0 aliphatic carbocycles. The lowest BCUT2D eigenvalue weighted by atomic mass is 9.96. The molecule has 34 heavy (non-hydrogen) atoms. The first kappa shape index (κ1) is 24.2. The molecule has 1 aliphatic rings. The van der Waals surface area contributed by atoms with Crippen molar-refractivity contribution < 1.29 is 4.79 Å². The zero-order valence-corrected chi connectivity index (χ0v) is 20.9. The van der Waals surface area contributed by atoms with E-state index < -0.39 is 0 Å². The average Bonchev–Trinajstić information content (AvgIpc) is 2.87. The van der Waals surface area contributed by atoms with Gasteiger partial charge in [-0.15, -0.1) is 0 Å². The molecule has 4 rings (SSSR count). The molecule has 178 valence electrons. The van der Waals surface area contributed by atoms with Crippen molar-refractivity contribution >= 4 is 17.7 Å². The fourth-order valence-electron chi connectivity index (χ4n) is 4.46. The van der Waals surface area contributed by atoms with Crippen molar-refractivity contribution in [1.29, 1.82) is 0 Å². The van der Waals surface area contributed by atoms with Crippen LogP contribution >= 0.6 is 11.8 Å². The summed E-state index contributed by atoms with van der Waals surface area (Å²) in [5.41, 5.74) is 3.11. The third-order valence-electron chi connectivity index (χ3n) is 6.34. The van der Waals surface area contributed by atoms with Gasteiger partial charge in [0.15, 0.2) is 5.16 Å². The van der Waals surface area contributed by atoms with Crippen molar-refractivity contribution in [2.45, 2.75) is 36.7 Å². The maximum absolute atomic E-state index is 13.4. The predicted octanol–water partition coefficient (Wildman–Crippen LogP) is 3.89. The molecule has 6 nitrogen and oxygen atoms in total. The van der Waals surface area contributed by atoms with Crippen LogP contribution in [0.5, 0.6) is 0 Å². The molecule has 1 saturated heterocycles. The summed E-state index contributed by atoms with van der Waals surface area (Å²) in [5.74, 6) is 0.124. The van der Waals surface area contributed by atoms with E-state index in [4.69, 9.17) is 0 Å². The maximum Gasteiger partial charge on any atom is 0.254 e. The molecule has 0 N–H and O–H groups in total. The Morgan fingerprint density at radius 1 is 0.971 bits per heavy atom. The number of hydrogen-bond acceptors (Lipinski definition) is 5. The molecule has 0 saturated carbocycles. The monoisotopic (exact) mass is 476 g/mol. The summed E-state index contributed by atoms with van der Waals surface area (Å²) in [6.45, 7) is 6.81. The molecule has 2 aromatic carbocycles. The van der Waals surface area contributed by atoms with E-state index in [1.54, 1.807) is 7.05 Å². The highest BCUT2D eigenvalue weighted by atomic mass is 32.2. The molecule has 1 amide bonds. The molecular formula is C27H32N4O2S. The number of carbonyl (C=O) groups excluding carboxylic acids is 1. The quantitative estimate of drug-likeness (QED) is 0.382. The van der Waals surface area contributed by atoms with Gasteiger partial charge in [-0.05, 0) is 24.5 Å². The topological polar surface area (TPSA) is 58.4 Å². The summed E-state index contributed by atoms with van der Waals surface area (Å²) < 4.78 is 1.52. The Bertz CT molecular complexity index is 1120. The fourth-order valence-corrected chi connectivity index (χ4v) is 5.57. The Balaban J connectivity index is 1.46. The number of amides is 1. The van der Waals surface area contributed by atoms with Crippen LogP contribution in [0.3, 0.4) is 0 Å². The number of benzene rings is 2. The normalized spacial score (nSPS) is 15.5. The number of nitrogens with zero attached hydrogens (tertiary/aromatic N) is 4. The zero-order chi connectivity index (χ0) is 24.1. The Labute approximate surface area is 205 Å². The van der Waals surface area contributed by atoms with Crippen molar-refractivity contribution in [2.75, 3.05) is 26.2 Å². The molecule has 0 spiro atoms. The van der Waals surface area contributed by atoms with E-state index in [0.717, 1.165) is 13.1 Å². The lowest BCUT2D eigenvalue weighted by Crippen LogP contribution is -2.51. The molecule has 3 aromatic rings. The van der Waals surface area contributed by atoms with Gasteiger partial charge in [-0.3, -0.25) is 19.1 Å². The largest absolute Gasteiger partial charge is 0.339 e. The second kappa shape index (κ2) is 11.0. The minimum atomic E-state index is -0.259. The van der Waals surface area contributed by atoms with Gasteiger partial charge in [-0.1, -0.05) is 79.3 Å². The Morgan fingerprint density at radius 3 is 2.06 bits per heavy atom. The van der Waals surface area contributed by atoms with Gasteiger partial charge in [-0.2, -0.15) is 0 Å². The fraction of sp³-hybridized carbons (Fsp3) is 0.370. The second-order valence-corrected chi connectivity index (χ2v) is 9.85. The number of thioether (sulfide) groups is 1. The van der Waals surface area contributed by atoms with E-state index in [2.05, 4.69) is 58.4 Å². The standard InChI is InChI=1S/C27H32N4O2S/c1-4-23(34-27-28-20(2)19-24(32)29(27)3)26(33)31-17-15-30(16-18-31)25(21-11-7-5-8-12-21)22-13-9-6-10-14-22/h5-14,19,23,25H,4,15-18H2,1-3H3. The third kappa shape index (κ3) is 5.42. The highest BCUT2D eigenvalue weighted by molar-refractivity contribution is 8.00. The van der Waals surface area contributed by atoms with Crippen molar-refractivity contribution in [3.05, 3.63) is 93.9 Å². The highest BCUT2D eigenvalue weighted by Gasteiger charge is 2.31. The Kier molecular flexibility index (Phi) is 7.85.